The normalized spacial score (nSPS) is 13.7. The van der Waals surface area contributed by atoms with Crippen LogP contribution in [0.1, 0.15) is 11.1 Å². The zero-order valence-corrected chi connectivity index (χ0v) is 22.1. The van der Waals surface area contributed by atoms with Crippen molar-refractivity contribution in [3.63, 3.8) is 0 Å². The van der Waals surface area contributed by atoms with Crippen LogP contribution in [0.15, 0.2) is 77.3 Å². The van der Waals surface area contributed by atoms with Crippen molar-refractivity contribution in [2.75, 3.05) is 51.8 Å². The third kappa shape index (κ3) is 7.71. The van der Waals surface area contributed by atoms with E-state index in [1.807, 2.05) is 77.7 Å². The first-order chi connectivity index (χ1) is 17.6. The third-order valence-corrected chi connectivity index (χ3v) is 6.48. The number of carbonyl (C=O) groups is 1. The number of rotatable bonds is 10. The number of anilines is 1. The van der Waals surface area contributed by atoms with Gasteiger partial charge in [-0.2, -0.15) is 0 Å². The summed E-state index contributed by atoms with van der Waals surface area (Å²) in [6.07, 6.45) is 0. The number of urea groups is 1. The predicted molar refractivity (Wildman–Crippen MR) is 145 cm³/mol. The number of carbonyl (C=O) groups excluding carboxylic acids is 1. The minimum absolute atomic E-state index is 0.148. The second kappa shape index (κ2) is 13.3. The molecule has 0 atom stereocenters. The fourth-order valence-electron chi connectivity index (χ4n) is 3.99. The van der Waals surface area contributed by atoms with Gasteiger partial charge in [-0.1, -0.05) is 58.4 Å². The fraction of sp³-hybridized carbons (Fsp3) is 0.321. The van der Waals surface area contributed by atoms with Crippen molar-refractivity contribution in [2.45, 2.75) is 13.2 Å². The Balaban J connectivity index is 1.45. The Morgan fingerprint density at radius 1 is 1.00 bits per heavy atom. The summed E-state index contributed by atoms with van der Waals surface area (Å²) >= 11 is 3.47. The molecule has 0 saturated carbocycles. The molecule has 0 aromatic heterocycles. The van der Waals surface area contributed by atoms with E-state index in [4.69, 9.17) is 14.2 Å². The first kappa shape index (κ1) is 26.0. The summed E-state index contributed by atoms with van der Waals surface area (Å²) in [6, 6.07) is 23.3. The van der Waals surface area contributed by atoms with Crippen LogP contribution < -0.4 is 14.8 Å². The second-order valence-corrected chi connectivity index (χ2v) is 9.49. The number of halogens is 1. The smallest absolute Gasteiger partial charge is 0.322 e. The quantitative estimate of drug-likeness (QED) is 0.364. The molecule has 1 aliphatic rings. The van der Waals surface area contributed by atoms with E-state index in [2.05, 4.69) is 26.1 Å². The molecule has 1 N–H and O–H groups in total. The van der Waals surface area contributed by atoms with Crippen molar-refractivity contribution < 1.29 is 19.0 Å². The van der Waals surface area contributed by atoms with E-state index >= 15 is 0 Å². The fourth-order valence-corrected chi connectivity index (χ4v) is 4.39. The molecule has 36 heavy (non-hydrogen) atoms. The Morgan fingerprint density at radius 2 is 1.81 bits per heavy atom. The van der Waals surface area contributed by atoms with Gasteiger partial charge in [-0.05, 0) is 41.5 Å². The average Bonchev–Trinajstić information content (AvgIpc) is 2.91. The zero-order valence-electron chi connectivity index (χ0n) is 20.5. The minimum Gasteiger partial charge on any atom is -0.493 e. The molecule has 3 aromatic rings. The maximum absolute atomic E-state index is 13.3. The van der Waals surface area contributed by atoms with E-state index in [9.17, 15) is 4.79 Å². The predicted octanol–water partition coefficient (Wildman–Crippen LogP) is 5.40. The molecule has 0 radical (unpaired) electrons. The largest absolute Gasteiger partial charge is 0.493 e. The second-order valence-electron chi connectivity index (χ2n) is 8.58. The average molecular weight is 554 g/mol. The monoisotopic (exact) mass is 553 g/mol. The van der Waals surface area contributed by atoms with Crippen molar-refractivity contribution >= 4 is 27.6 Å². The lowest BCUT2D eigenvalue weighted by atomic mass is 10.2. The van der Waals surface area contributed by atoms with Crippen molar-refractivity contribution in [3.8, 4) is 11.5 Å². The number of amides is 2. The Hall–Kier alpha value is -3.07. The molecule has 1 heterocycles. The van der Waals surface area contributed by atoms with Gasteiger partial charge in [0.05, 0.1) is 20.3 Å². The molecule has 4 rings (SSSR count). The highest BCUT2D eigenvalue weighted by atomic mass is 79.9. The summed E-state index contributed by atoms with van der Waals surface area (Å²) in [7, 11) is 1.63. The van der Waals surface area contributed by atoms with Crippen LogP contribution in [-0.4, -0.2) is 62.3 Å². The van der Waals surface area contributed by atoms with Gasteiger partial charge in [0.2, 0.25) is 0 Å². The van der Waals surface area contributed by atoms with Gasteiger partial charge in [0.1, 0.15) is 6.61 Å². The van der Waals surface area contributed by atoms with E-state index in [0.717, 1.165) is 54.1 Å². The van der Waals surface area contributed by atoms with Crippen LogP contribution in [0, 0.1) is 0 Å². The van der Waals surface area contributed by atoms with Crippen LogP contribution in [0.5, 0.6) is 11.5 Å². The molecular formula is C28H32BrN3O4. The summed E-state index contributed by atoms with van der Waals surface area (Å²) in [4.78, 5) is 17.4. The van der Waals surface area contributed by atoms with Gasteiger partial charge < -0.3 is 24.4 Å². The molecule has 1 fully saturated rings. The van der Waals surface area contributed by atoms with E-state index < -0.39 is 0 Å². The van der Waals surface area contributed by atoms with Crippen molar-refractivity contribution in [2.24, 2.45) is 0 Å². The maximum atomic E-state index is 13.3. The van der Waals surface area contributed by atoms with Gasteiger partial charge in [0, 0.05) is 42.9 Å². The molecule has 2 amide bonds. The number of hydrogen-bond acceptors (Lipinski definition) is 5. The summed E-state index contributed by atoms with van der Waals surface area (Å²) in [5.41, 5.74) is 2.79. The maximum Gasteiger partial charge on any atom is 0.322 e. The van der Waals surface area contributed by atoms with Gasteiger partial charge in [-0.15, -0.1) is 0 Å². The van der Waals surface area contributed by atoms with Crippen molar-refractivity contribution in [1.82, 2.24) is 9.80 Å². The number of morpholine rings is 1. The third-order valence-electron chi connectivity index (χ3n) is 5.99. The molecule has 0 spiro atoms. The molecule has 0 aliphatic carbocycles. The van der Waals surface area contributed by atoms with Crippen LogP contribution in [-0.2, 0) is 17.9 Å². The summed E-state index contributed by atoms with van der Waals surface area (Å²) in [5, 5.41) is 3.03. The molecular weight excluding hydrogens is 522 g/mol. The highest BCUT2D eigenvalue weighted by Crippen LogP contribution is 2.29. The Labute approximate surface area is 221 Å². The molecule has 0 bridgehead atoms. The molecule has 1 aliphatic heterocycles. The number of ether oxygens (including phenoxy) is 3. The minimum atomic E-state index is -0.148. The van der Waals surface area contributed by atoms with Gasteiger partial charge in [0.15, 0.2) is 11.5 Å². The number of benzene rings is 3. The molecule has 1 saturated heterocycles. The lowest BCUT2D eigenvalue weighted by Crippen LogP contribution is -2.44. The first-order valence-corrected chi connectivity index (χ1v) is 12.9. The molecule has 8 heteroatoms. The zero-order chi connectivity index (χ0) is 25.2. The summed E-state index contributed by atoms with van der Waals surface area (Å²) in [5.74, 6) is 1.31. The Kier molecular flexibility index (Phi) is 9.61. The topological polar surface area (TPSA) is 63.3 Å². The number of nitrogens with one attached hydrogen (secondary N) is 1. The SMILES string of the molecule is COc1cc(CN(CCN2CCOCC2)C(=O)Nc2cccc(Br)c2)ccc1OCc1ccccc1. The first-order valence-electron chi connectivity index (χ1n) is 12.1. The van der Waals surface area contributed by atoms with Gasteiger partial charge >= 0.3 is 6.03 Å². The van der Waals surface area contributed by atoms with Gasteiger partial charge in [0.25, 0.3) is 0 Å². The van der Waals surface area contributed by atoms with E-state index in [0.29, 0.717) is 31.2 Å². The molecule has 190 valence electrons. The number of hydrogen-bond donors (Lipinski definition) is 1. The number of nitrogens with zero attached hydrogens (tertiary/aromatic N) is 2. The Bertz CT molecular complexity index is 1120. The van der Waals surface area contributed by atoms with E-state index in [1.54, 1.807) is 7.11 Å². The van der Waals surface area contributed by atoms with Crippen LogP contribution in [0.2, 0.25) is 0 Å². The summed E-state index contributed by atoms with van der Waals surface area (Å²) in [6.45, 7) is 5.48. The molecule has 7 nitrogen and oxygen atoms in total. The van der Waals surface area contributed by atoms with Crippen LogP contribution >= 0.6 is 15.9 Å². The van der Waals surface area contributed by atoms with Crippen LogP contribution in [0.4, 0.5) is 10.5 Å². The van der Waals surface area contributed by atoms with Crippen LogP contribution in [0.25, 0.3) is 0 Å². The van der Waals surface area contributed by atoms with Crippen molar-refractivity contribution in [3.05, 3.63) is 88.4 Å². The van der Waals surface area contributed by atoms with E-state index in [1.165, 1.54) is 0 Å². The Morgan fingerprint density at radius 3 is 2.56 bits per heavy atom. The summed E-state index contributed by atoms with van der Waals surface area (Å²) < 4.78 is 18.0. The van der Waals surface area contributed by atoms with E-state index in [-0.39, 0.29) is 6.03 Å². The standard InChI is InChI=1S/C28H32BrN3O4/c1-34-27-18-23(10-11-26(27)36-21-22-6-3-2-4-7-22)20-32(13-12-31-14-16-35-17-15-31)28(33)30-25-9-5-8-24(29)19-25/h2-11,18-19H,12-17,20-21H2,1H3,(H,30,33). The van der Waals surface area contributed by atoms with Gasteiger partial charge in [-0.3, -0.25) is 4.90 Å². The highest BCUT2D eigenvalue weighted by Gasteiger charge is 2.18. The lowest BCUT2D eigenvalue weighted by Gasteiger charge is -2.30. The van der Waals surface area contributed by atoms with Crippen molar-refractivity contribution in [1.29, 1.82) is 0 Å². The highest BCUT2D eigenvalue weighted by molar-refractivity contribution is 9.10. The molecule has 3 aromatic carbocycles. The lowest BCUT2D eigenvalue weighted by molar-refractivity contribution is 0.0349. The van der Waals surface area contributed by atoms with Crippen LogP contribution in [0.3, 0.4) is 0 Å². The number of methoxy groups -OCH3 is 1. The van der Waals surface area contributed by atoms with Gasteiger partial charge in [-0.25, -0.2) is 4.79 Å². The molecule has 0 unspecified atom stereocenters.